The molecule has 0 bridgehead atoms. The van der Waals surface area contributed by atoms with Crippen molar-refractivity contribution in [3.8, 4) is 11.8 Å². The zero-order valence-corrected chi connectivity index (χ0v) is 3.44. The number of halogens is 1. The number of hydrogen-bond donors (Lipinski definition) is 1. The summed E-state index contributed by atoms with van der Waals surface area (Å²) >= 11 is 0. The van der Waals surface area contributed by atoms with Crippen LogP contribution in [0.3, 0.4) is 0 Å². The zero-order chi connectivity index (χ0) is 5.70. The van der Waals surface area contributed by atoms with Gasteiger partial charge in [-0.1, -0.05) is 5.92 Å². The molecule has 0 radical (unpaired) electrons. The Balaban J connectivity index is 3.45. The van der Waals surface area contributed by atoms with E-state index in [4.69, 9.17) is 5.11 Å². The molecule has 0 aromatic rings. The number of alkyl halides is 1. The van der Waals surface area contributed by atoms with Crippen LogP contribution in [0.5, 0.6) is 0 Å². The van der Waals surface area contributed by atoms with Gasteiger partial charge in [0.05, 0.1) is 0 Å². The fraction of sp³-hybridized carbons (Fsp3) is 0.250. The first-order valence-corrected chi connectivity index (χ1v) is 1.55. The Bertz CT molecular complexity index is 119. The quantitative estimate of drug-likeness (QED) is 0.438. The first-order valence-electron chi connectivity index (χ1n) is 1.55. The molecule has 0 fully saturated rings. The van der Waals surface area contributed by atoms with Crippen LogP contribution in [0.4, 0.5) is 4.39 Å². The van der Waals surface area contributed by atoms with E-state index in [1.807, 2.05) is 0 Å². The first kappa shape index (κ1) is 5.96. The lowest BCUT2D eigenvalue weighted by Crippen LogP contribution is -1.86. The molecule has 0 aliphatic carbocycles. The van der Waals surface area contributed by atoms with Crippen LogP contribution in [0.15, 0.2) is 0 Å². The summed E-state index contributed by atoms with van der Waals surface area (Å²) in [6, 6.07) is 0. The summed E-state index contributed by atoms with van der Waals surface area (Å²) < 4.78 is 10.9. The highest BCUT2D eigenvalue weighted by atomic mass is 19.1. The summed E-state index contributed by atoms with van der Waals surface area (Å²) in [4.78, 5) is 9.42. The van der Waals surface area contributed by atoms with E-state index in [1.165, 1.54) is 0 Å². The fourth-order valence-electron chi connectivity index (χ4n) is 0.109. The minimum atomic E-state index is -1.29. The molecule has 0 atom stereocenters. The molecule has 0 saturated heterocycles. The molecule has 38 valence electrons. The van der Waals surface area contributed by atoms with Crippen molar-refractivity contribution in [3.05, 3.63) is 0 Å². The zero-order valence-electron chi connectivity index (χ0n) is 3.44. The van der Waals surface area contributed by atoms with E-state index in [2.05, 4.69) is 0 Å². The second-order valence-corrected chi connectivity index (χ2v) is 0.741. The molecule has 0 saturated carbocycles. The molecule has 0 unspecified atom stereocenters. The molecule has 2 nitrogen and oxygen atoms in total. The summed E-state index contributed by atoms with van der Waals surface area (Å²) in [5, 5.41) is 7.70. The van der Waals surface area contributed by atoms with Gasteiger partial charge in [-0.2, -0.15) is 0 Å². The van der Waals surface area contributed by atoms with Gasteiger partial charge in [-0.05, 0) is 0 Å². The minimum absolute atomic E-state index is 0.897. The number of aliphatic carboxylic acids is 1. The van der Waals surface area contributed by atoms with Crippen LogP contribution in [0.25, 0.3) is 0 Å². The van der Waals surface area contributed by atoms with Crippen molar-refractivity contribution in [1.82, 2.24) is 0 Å². The monoisotopic (exact) mass is 102 g/mol. The number of rotatable bonds is 0. The standard InChI is InChI=1S/C4H3FO2/c5-3-1-2-4(6)7/h3H2,(H,6,7). The van der Waals surface area contributed by atoms with Crippen molar-refractivity contribution < 1.29 is 14.3 Å². The van der Waals surface area contributed by atoms with Gasteiger partial charge in [0.15, 0.2) is 6.67 Å². The Hall–Kier alpha value is -1.04. The fourth-order valence-corrected chi connectivity index (χ4v) is 0.109. The maximum Gasteiger partial charge on any atom is 0.381 e. The molecule has 0 spiro atoms. The number of hydrogen-bond acceptors (Lipinski definition) is 1. The van der Waals surface area contributed by atoms with E-state index >= 15 is 0 Å². The van der Waals surface area contributed by atoms with Gasteiger partial charge in [0.1, 0.15) is 0 Å². The lowest BCUT2D eigenvalue weighted by molar-refractivity contribution is -0.130. The van der Waals surface area contributed by atoms with Gasteiger partial charge in [0.25, 0.3) is 0 Å². The highest BCUT2D eigenvalue weighted by Gasteiger charge is 1.78. The molecule has 1 N–H and O–H groups in total. The van der Waals surface area contributed by atoms with Gasteiger partial charge >= 0.3 is 5.97 Å². The van der Waals surface area contributed by atoms with Crippen molar-refractivity contribution in [2.45, 2.75) is 0 Å². The largest absolute Gasteiger partial charge is 0.472 e. The van der Waals surface area contributed by atoms with E-state index in [0.717, 1.165) is 0 Å². The average Bonchev–Trinajstić information content (AvgIpc) is 1.61. The normalized spacial score (nSPS) is 6.43. The van der Waals surface area contributed by atoms with Gasteiger partial charge < -0.3 is 5.11 Å². The van der Waals surface area contributed by atoms with Gasteiger partial charge in [-0.3, -0.25) is 0 Å². The molecule has 0 amide bonds. The molecule has 0 aliphatic heterocycles. The molecule has 0 heterocycles. The Morgan fingerprint density at radius 3 is 2.57 bits per heavy atom. The lowest BCUT2D eigenvalue weighted by Gasteiger charge is -1.65. The van der Waals surface area contributed by atoms with Gasteiger partial charge in [0.2, 0.25) is 0 Å². The topological polar surface area (TPSA) is 37.3 Å². The van der Waals surface area contributed by atoms with E-state index in [1.54, 1.807) is 11.8 Å². The van der Waals surface area contributed by atoms with Crippen molar-refractivity contribution in [2.24, 2.45) is 0 Å². The molecule has 0 aromatic carbocycles. The summed E-state index contributed by atoms with van der Waals surface area (Å²) in [5.74, 6) is 2.02. The average molecular weight is 102 g/mol. The highest BCUT2D eigenvalue weighted by Crippen LogP contribution is 1.59. The maximum atomic E-state index is 10.9. The molecule has 7 heavy (non-hydrogen) atoms. The van der Waals surface area contributed by atoms with Crippen LogP contribution >= 0.6 is 0 Å². The van der Waals surface area contributed by atoms with Crippen LogP contribution in [-0.2, 0) is 4.79 Å². The van der Waals surface area contributed by atoms with Crippen molar-refractivity contribution in [2.75, 3.05) is 6.67 Å². The number of carboxylic acid groups (broad SMARTS) is 1. The Morgan fingerprint density at radius 2 is 2.43 bits per heavy atom. The molecular formula is C4H3FO2. The van der Waals surface area contributed by atoms with Crippen LogP contribution in [0, 0.1) is 11.8 Å². The summed E-state index contributed by atoms with van der Waals surface area (Å²) in [5.41, 5.74) is 0. The van der Waals surface area contributed by atoms with Gasteiger partial charge in [0, 0.05) is 5.92 Å². The van der Waals surface area contributed by atoms with E-state index in [9.17, 15) is 9.18 Å². The molecule has 3 heteroatoms. The highest BCUT2D eigenvalue weighted by molar-refractivity contribution is 5.86. The number of carbonyl (C=O) groups is 1. The van der Waals surface area contributed by atoms with Crippen LogP contribution in [0.1, 0.15) is 0 Å². The Kier molecular flexibility index (Phi) is 2.69. The Labute approximate surface area is 40.0 Å². The van der Waals surface area contributed by atoms with Crippen molar-refractivity contribution in [1.29, 1.82) is 0 Å². The Morgan fingerprint density at radius 1 is 1.86 bits per heavy atom. The first-order chi connectivity index (χ1) is 3.27. The van der Waals surface area contributed by atoms with Crippen molar-refractivity contribution in [3.63, 3.8) is 0 Å². The second-order valence-electron chi connectivity index (χ2n) is 0.741. The van der Waals surface area contributed by atoms with Crippen LogP contribution in [0.2, 0.25) is 0 Å². The molecule has 0 aromatic heterocycles. The minimum Gasteiger partial charge on any atom is -0.472 e. The third-order valence-electron chi connectivity index (χ3n) is 0.262. The molecular weight excluding hydrogens is 99.0 g/mol. The molecule has 0 rings (SSSR count). The third-order valence-corrected chi connectivity index (χ3v) is 0.262. The summed E-state index contributed by atoms with van der Waals surface area (Å²) in [6.07, 6.45) is 0. The van der Waals surface area contributed by atoms with E-state index in [0.29, 0.717) is 0 Å². The lowest BCUT2D eigenvalue weighted by atomic mass is 10.6. The summed E-state index contributed by atoms with van der Waals surface area (Å²) in [7, 11) is 0. The third kappa shape index (κ3) is 4.96. The van der Waals surface area contributed by atoms with Crippen LogP contribution in [-0.4, -0.2) is 17.8 Å². The van der Waals surface area contributed by atoms with Gasteiger partial charge in [-0.15, -0.1) is 0 Å². The SMILES string of the molecule is O=C(O)C#CCF. The number of carboxylic acids is 1. The van der Waals surface area contributed by atoms with Gasteiger partial charge in [-0.25, -0.2) is 9.18 Å². The second kappa shape index (κ2) is 3.16. The maximum absolute atomic E-state index is 10.9. The smallest absolute Gasteiger partial charge is 0.381 e. The predicted molar refractivity (Wildman–Crippen MR) is 21.4 cm³/mol. The predicted octanol–water partition coefficient (Wildman–Crippen LogP) is 0.0439. The molecule has 0 aliphatic rings. The summed E-state index contributed by atoms with van der Waals surface area (Å²) in [6.45, 7) is -0.897. The van der Waals surface area contributed by atoms with E-state index < -0.39 is 12.6 Å². The van der Waals surface area contributed by atoms with E-state index in [-0.39, 0.29) is 0 Å². The van der Waals surface area contributed by atoms with Crippen LogP contribution < -0.4 is 0 Å². The van der Waals surface area contributed by atoms with Crippen molar-refractivity contribution >= 4 is 5.97 Å².